The fourth-order valence-corrected chi connectivity index (χ4v) is 2.39. The summed E-state index contributed by atoms with van der Waals surface area (Å²) in [6.45, 7) is -0.228. The zero-order chi connectivity index (χ0) is 15.6. The van der Waals surface area contributed by atoms with Crippen molar-refractivity contribution in [1.82, 2.24) is 9.55 Å². The molecule has 0 aliphatic rings. The highest BCUT2D eigenvalue weighted by Gasteiger charge is 2.11. The summed E-state index contributed by atoms with van der Waals surface area (Å²) in [7, 11) is 1.52. The highest BCUT2D eigenvalue weighted by atomic mass is 79.9. The van der Waals surface area contributed by atoms with Crippen molar-refractivity contribution in [2.24, 2.45) is 0 Å². The highest BCUT2D eigenvalue weighted by Crippen LogP contribution is 2.25. The van der Waals surface area contributed by atoms with E-state index in [1.54, 1.807) is 18.2 Å². The molecule has 0 saturated heterocycles. The Hall–Kier alpha value is -1.86. The molecule has 6 nitrogen and oxygen atoms in total. The van der Waals surface area contributed by atoms with Crippen molar-refractivity contribution in [3.63, 3.8) is 0 Å². The number of benzene rings is 1. The van der Waals surface area contributed by atoms with E-state index in [-0.39, 0.29) is 17.4 Å². The van der Waals surface area contributed by atoms with E-state index in [4.69, 9.17) is 16.3 Å². The lowest BCUT2D eigenvalue weighted by Gasteiger charge is -2.07. The van der Waals surface area contributed by atoms with Crippen molar-refractivity contribution >= 4 is 33.3 Å². The highest BCUT2D eigenvalue weighted by molar-refractivity contribution is 9.10. The second-order valence-corrected chi connectivity index (χ2v) is 5.40. The Bertz CT molecular complexity index is 813. The standard InChI is InChI=1S/C13H10BrClN2O4/c1-21-11-3-2-7(4-8(11)14)10(18)6-17-5-9(15)12(19)16-13(17)20/h2-5H,6H2,1H3,(H,16,19,20). The fraction of sp³-hybridized carbons (Fsp3) is 0.154. The van der Waals surface area contributed by atoms with Crippen LogP contribution in [0.4, 0.5) is 0 Å². The molecule has 0 spiro atoms. The number of nitrogens with one attached hydrogen (secondary N) is 1. The monoisotopic (exact) mass is 372 g/mol. The van der Waals surface area contributed by atoms with Crippen molar-refractivity contribution in [1.29, 1.82) is 0 Å². The van der Waals surface area contributed by atoms with Crippen LogP contribution in [0.1, 0.15) is 10.4 Å². The second-order valence-electron chi connectivity index (χ2n) is 4.14. The van der Waals surface area contributed by atoms with Crippen LogP contribution in [-0.4, -0.2) is 22.4 Å². The van der Waals surface area contributed by atoms with Crippen LogP contribution in [-0.2, 0) is 6.54 Å². The number of H-pyrrole nitrogens is 1. The van der Waals surface area contributed by atoms with Gasteiger partial charge in [0.15, 0.2) is 5.78 Å². The summed E-state index contributed by atoms with van der Waals surface area (Å²) in [6, 6.07) is 4.82. The van der Waals surface area contributed by atoms with Gasteiger partial charge in [0.05, 0.1) is 18.1 Å². The molecule has 0 amide bonds. The molecule has 2 aromatic rings. The van der Waals surface area contributed by atoms with Crippen LogP contribution in [0.15, 0.2) is 38.5 Å². The second kappa shape index (κ2) is 6.28. The Morgan fingerprint density at radius 3 is 2.76 bits per heavy atom. The van der Waals surface area contributed by atoms with Crippen molar-refractivity contribution in [3.05, 3.63) is 60.3 Å². The SMILES string of the molecule is COc1ccc(C(=O)Cn2cc(Cl)c(=O)[nH]c2=O)cc1Br. The molecule has 1 aromatic heterocycles. The first-order valence-electron chi connectivity index (χ1n) is 5.78. The molecule has 0 fully saturated rings. The van der Waals surface area contributed by atoms with E-state index in [9.17, 15) is 14.4 Å². The van der Waals surface area contributed by atoms with E-state index in [1.807, 2.05) is 4.98 Å². The number of aromatic nitrogens is 2. The van der Waals surface area contributed by atoms with E-state index in [1.165, 1.54) is 7.11 Å². The molecule has 0 unspecified atom stereocenters. The van der Waals surface area contributed by atoms with Gasteiger partial charge >= 0.3 is 5.69 Å². The molecule has 8 heteroatoms. The summed E-state index contributed by atoms with van der Waals surface area (Å²) in [6.07, 6.45) is 1.14. The first-order valence-corrected chi connectivity index (χ1v) is 6.95. The number of carbonyl (C=O) groups excluding carboxylic acids is 1. The molecule has 110 valence electrons. The molecule has 0 bridgehead atoms. The van der Waals surface area contributed by atoms with Gasteiger partial charge < -0.3 is 4.74 Å². The van der Waals surface area contributed by atoms with Crippen LogP contribution in [0.5, 0.6) is 5.75 Å². The number of halogens is 2. The van der Waals surface area contributed by atoms with Gasteiger partial charge in [0.1, 0.15) is 10.8 Å². The van der Waals surface area contributed by atoms with Gasteiger partial charge in [-0.3, -0.25) is 19.1 Å². The third kappa shape index (κ3) is 3.43. The molecule has 2 rings (SSSR count). The first-order chi connectivity index (χ1) is 9.92. The molecule has 0 atom stereocenters. The van der Waals surface area contributed by atoms with Crippen molar-refractivity contribution in [2.75, 3.05) is 7.11 Å². The third-order valence-electron chi connectivity index (χ3n) is 2.76. The first kappa shape index (κ1) is 15.5. The number of nitrogens with zero attached hydrogens (tertiary/aromatic N) is 1. The summed E-state index contributed by atoms with van der Waals surface area (Å²) < 4.78 is 6.75. The molecular weight excluding hydrogens is 364 g/mol. The number of Topliss-reactive ketones (excluding diaryl/α,β-unsaturated/α-hetero) is 1. The predicted octanol–water partition coefficient (Wildman–Crippen LogP) is 1.84. The quantitative estimate of drug-likeness (QED) is 0.829. The Morgan fingerprint density at radius 2 is 2.14 bits per heavy atom. The Balaban J connectivity index is 2.30. The number of aromatic amines is 1. The molecule has 0 aliphatic carbocycles. The maximum absolute atomic E-state index is 12.2. The van der Waals surface area contributed by atoms with E-state index in [0.717, 1.165) is 10.8 Å². The van der Waals surface area contributed by atoms with Crippen molar-refractivity contribution in [3.8, 4) is 5.75 Å². The lowest BCUT2D eigenvalue weighted by atomic mass is 10.1. The number of carbonyl (C=O) groups is 1. The Kier molecular flexibility index (Phi) is 4.64. The average Bonchev–Trinajstić information content (AvgIpc) is 2.44. The Labute approximate surface area is 132 Å². The van der Waals surface area contributed by atoms with Gasteiger partial charge in [0.2, 0.25) is 0 Å². The Morgan fingerprint density at radius 1 is 1.43 bits per heavy atom. The lowest BCUT2D eigenvalue weighted by Crippen LogP contribution is -2.31. The zero-order valence-corrected chi connectivity index (χ0v) is 13.2. The minimum atomic E-state index is -0.690. The van der Waals surface area contributed by atoms with Crippen LogP contribution in [0, 0.1) is 0 Å². The largest absolute Gasteiger partial charge is 0.496 e. The fourth-order valence-electron chi connectivity index (χ4n) is 1.69. The maximum Gasteiger partial charge on any atom is 0.328 e. The molecule has 1 N–H and O–H groups in total. The number of rotatable bonds is 4. The summed E-state index contributed by atoms with van der Waals surface area (Å²) in [5.41, 5.74) is -0.972. The van der Waals surface area contributed by atoms with E-state index < -0.39 is 11.2 Å². The van der Waals surface area contributed by atoms with Gasteiger partial charge in [-0.05, 0) is 34.1 Å². The van der Waals surface area contributed by atoms with Gasteiger partial charge in [-0.15, -0.1) is 0 Å². The smallest absolute Gasteiger partial charge is 0.328 e. The summed E-state index contributed by atoms with van der Waals surface area (Å²) in [5, 5.41) is -0.154. The zero-order valence-electron chi connectivity index (χ0n) is 10.9. The maximum atomic E-state index is 12.2. The molecular formula is C13H10BrClN2O4. The topological polar surface area (TPSA) is 81.2 Å². The number of ether oxygens (including phenoxy) is 1. The third-order valence-corrected chi connectivity index (χ3v) is 3.64. The molecule has 0 aliphatic heterocycles. The van der Waals surface area contributed by atoms with Gasteiger partial charge in [-0.25, -0.2) is 4.79 Å². The van der Waals surface area contributed by atoms with Crippen molar-refractivity contribution < 1.29 is 9.53 Å². The van der Waals surface area contributed by atoms with E-state index in [2.05, 4.69) is 15.9 Å². The van der Waals surface area contributed by atoms with E-state index in [0.29, 0.717) is 15.8 Å². The van der Waals surface area contributed by atoms with Crippen molar-refractivity contribution in [2.45, 2.75) is 6.54 Å². The van der Waals surface area contributed by atoms with E-state index >= 15 is 0 Å². The summed E-state index contributed by atoms with van der Waals surface area (Å²) >= 11 is 8.92. The van der Waals surface area contributed by atoms with Gasteiger partial charge in [-0.2, -0.15) is 0 Å². The molecule has 1 heterocycles. The number of hydrogen-bond donors (Lipinski definition) is 1. The summed E-state index contributed by atoms with van der Waals surface area (Å²) in [4.78, 5) is 36.9. The van der Waals surface area contributed by atoms with Crippen LogP contribution in [0.2, 0.25) is 5.02 Å². The minimum Gasteiger partial charge on any atom is -0.496 e. The lowest BCUT2D eigenvalue weighted by molar-refractivity contribution is 0.0970. The van der Waals surface area contributed by atoms with Crippen LogP contribution >= 0.6 is 27.5 Å². The minimum absolute atomic E-state index is 0.154. The molecule has 21 heavy (non-hydrogen) atoms. The summed E-state index contributed by atoms with van der Waals surface area (Å²) in [5.74, 6) is 0.291. The van der Waals surface area contributed by atoms with Gasteiger partial charge in [-0.1, -0.05) is 11.6 Å². The molecule has 1 aromatic carbocycles. The normalized spacial score (nSPS) is 10.4. The number of ketones is 1. The molecule has 0 radical (unpaired) electrons. The van der Waals surface area contributed by atoms with Crippen LogP contribution in [0.25, 0.3) is 0 Å². The number of methoxy groups -OCH3 is 1. The van der Waals surface area contributed by atoms with Crippen LogP contribution < -0.4 is 16.0 Å². The van der Waals surface area contributed by atoms with Gasteiger partial charge in [0.25, 0.3) is 5.56 Å². The molecule has 0 saturated carbocycles. The average molecular weight is 374 g/mol. The van der Waals surface area contributed by atoms with Crippen LogP contribution in [0.3, 0.4) is 0 Å². The van der Waals surface area contributed by atoms with Gasteiger partial charge in [0, 0.05) is 11.8 Å². The number of hydrogen-bond acceptors (Lipinski definition) is 4. The predicted molar refractivity (Wildman–Crippen MR) is 81.4 cm³/mol.